The molecule has 0 aromatic rings. The van der Waals surface area contributed by atoms with Gasteiger partial charge in [0, 0.05) is 31.0 Å². The maximum absolute atomic E-state index is 12.1. The highest BCUT2D eigenvalue weighted by atomic mass is 16.5. The number of likely N-dealkylation sites (tertiary alicyclic amines) is 1. The monoisotopic (exact) mass is 235 g/mol. The van der Waals surface area contributed by atoms with Gasteiger partial charge in [0.15, 0.2) is 0 Å². The third-order valence-corrected chi connectivity index (χ3v) is 4.50. The van der Waals surface area contributed by atoms with Crippen molar-refractivity contribution in [3.63, 3.8) is 0 Å². The summed E-state index contributed by atoms with van der Waals surface area (Å²) in [5.74, 6) is 0.909. The lowest BCUT2D eigenvalue weighted by Crippen LogP contribution is -2.55. The van der Waals surface area contributed by atoms with Crippen LogP contribution in [-0.2, 0) is 14.3 Å². The molecule has 1 heterocycles. The fraction of sp³-hybridized carbons (Fsp3) is 0.692. The van der Waals surface area contributed by atoms with E-state index in [0.717, 1.165) is 25.0 Å². The lowest BCUT2D eigenvalue weighted by Gasteiger charge is -2.51. The first-order valence-electron chi connectivity index (χ1n) is 6.16. The van der Waals surface area contributed by atoms with E-state index >= 15 is 0 Å². The Balaban J connectivity index is 1.98. The van der Waals surface area contributed by atoms with Crippen LogP contribution < -0.4 is 0 Å². The number of carbonyl (C=O) groups is 2. The summed E-state index contributed by atoms with van der Waals surface area (Å²) < 4.78 is 4.84. The standard InChI is InChI=1S/C13H17NO3/c1-14-6-8-3-7-4-9(12(14)15)11(8)10(5-7)13(16)17-2/h5,7-9,11H,3-4,6H2,1-2H3. The zero-order valence-corrected chi connectivity index (χ0v) is 10.2. The Labute approximate surface area is 101 Å². The van der Waals surface area contributed by atoms with E-state index in [9.17, 15) is 9.59 Å². The van der Waals surface area contributed by atoms with Gasteiger partial charge in [0.1, 0.15) is 0 Å². The van der Waals surface area contributed by atoms with Gasteiger partial charge in [-0.3, -0.25) is 4.79 Å². The minimum absolute atomic E-state index is 0.0107. The Bertz CT molecular complexity index is 415. The van der Waals surface area contributed by atoms with Crippen molar-refractivity contribution in [2.24, 2.45) is 23.7 Å². The molecule has 0 aromatic carbocycles. The first-order valence-corrected chi connectivity index (χ1v) is 6.16. The van der Waals surface area contributed by atoms with Crippen molar-refractivity contribution in [1.29, 1.82) is 0 Å². The Morgan fingerprint density at radius 2 is 2.24 bits per heavy atom. The van der Waals surface area contributed by atoms with Crippen LogP contribution in [0.3, 0.4) is 0 Å². The summed E-state index contributed by atoms with van der Waals surface area (Å²) in [5, 5.41) is 0. The van der Waals surface area contributed by atoms with Crippen LogP contribution in [0.15, 0.2) is 11.6 Å². The van der Waals surface area contributed by atoms with E-state index in [1.807, 2.05) is 18.0 Å². The minimum Gasteiger partial charge on any atom is -0.466 e. The molecule has 1 saturated carbocycles. The number of carbonyl (C=O) groups excluding carboxylic acids is 2. The van der Waals surface area contributed by atoms with E-state index in [1.165, 1.54) is 7.11 Å². The maximum Gasteiger partial charge on any atom is 0.333 e. The number of ether oxygens (including phenoxy) is 1. The normalized spacial score (nSPS) is 39.1. The van der Waals surface area contributed by atoms with Gasteiger partial charge in [0.2, 0.25) is 5.91 Å². The third-order valence-electron chi connectivity index (χ3n) is 4.50. The summed E-state index contributed by atoms with van der Waals surface area (Å²) in [7, 11) is 3.27. The van der Waals surface area contributed by atoms with Gasteiger partial charge in [-0.1, -0.05) is 6.08 Å². The zero-order chi connectivity index (χ0) is 12.2. The van der Waals surface area contributed by atoms with Crippen LogP contribution in [0.2, 0.25) is 0 Å². The molecular weight excluding hydrogens is 218 g/mol. The maximum atomic E-state index is 12.1. The number of methoxy groups -OCH3 is 1. The van der Waals surface area contributed by atoms with Crippen LogP contribution in [0.5, 0.6) is 0 Å². The highest BCUT2D eigenvalue weighted by Gasteiger charge is 2.52. The lowest BCUT2D eigenvalue weighted by molar-refractivity contribution is -0.148. The van der Waals surface area contributed by atoms with Gasteiger partial charge in [-0.05, 0) is 24.7 Å². The highest BCUT2D eigenvalue weighted by molar-refractivity contribution is 5.92. The number of hydrogen-bond donors (Lipinski definition) is 0. The molecule has 0 N–H and O–H groups in total. The fourth-order valence-electron chi connectivity index (χ4n) is 3.89. The lowest BCUT2D eigenvalue weighted by atomic mass is 9.58. The number of rotatable bonds is 1. The minimum atomic E-state index is -0.244. The van der Waals surface area contributed by atoms with Gasteiger partial charge in [0.25, 0.3) is 0 Å². The first kappa shape index (κ1) is 10.8. The van der Waals surface area contributed by atoms with E-state index in [2.05, 4.69) is 0 Å². The largest absolute Gasteiger partial charge is 0.466 e. The summed E-state index contributed by atoms with van der Waals surface area (Å²) in [6, 6.07) is 0. The molecule has 1 amide bonds. The second-order valence-electron chi connectivity index (χ2n) is 5.46. The molecule has 0 aromatic heterocycles. The zero-order valence-electron chi connectivity index (χ0n) is 10.2. The summed E-state index contributed by atoms with van der Waals surface area (Å²) in [4.78, 5) is 25.7. The SMILES string of the molecule is COC(=O)C1=CC2CC3CN(C)C(=O)C(C2)C13. The predicted octanol–water partition coefficient (Wildman–Crippen LogP) is 0.830. The number of esters is 1. The molecule has 92 valence electrons. The van der Waals surface area contributed by atoms with Crippen molar-refractivity contribution >= 4 is 11.9 Å². The van der Waals surface area contributed by atoms with E-state index in [0.29, 0.717) is 11.8 Å². The Kier molecular flexibility index (Phi) is 2.28. The molecule has 0 spiro atoms. The molecule has 1 aliphatic heterocycles. The molecule has 4 heteroatoms. The highest BCUT2D eigenvalue weighted by Crippen LogP contribution is 2.51. The number of allylic oxidation sites excluding steroid dienone is 1. The fourth-order valence-corrected chi connectivity index (χ4v) is 3.89. The van der Waals surface area contributed by atoms with E-state index in [4.69, 9.17) is 4.74 Å². The van der Waals surface area contributed by atoms with Crippen molar-refractivity contribution < 1.29 is 14.3 Å². The van der Waals surface area contributed by atoms with Crippen molar-refractivity contribution in [2.45, 2.75) is 12.8 Å². The van der Waals surface area contributed by atoms with E-state index < -0.39 is 0 Å². The summed E-state index contributed by atoms with van der Waals surface area (Å²) in [6.45, 7) is 0.783. The Morgan fingerprint density at radius 1 is 1.47 bits per heavy atom. The molecule has 4 rings (SSSR count). The van der Waals surface area contributed by atoms with Crippen LogP contribution >= 0.6 is 0 Å². The summed E-state index contributed by atoms with van der Waals surface area (Å²) >= 11 is 0. The molecular formula is C13H17NO3. The third kappa shape index (κ3) is 1.43. The molecule has 4 bridgehead atoms. The Morgan fingerprint density at radius 3 is 2.94 bits per heavy atom. The second-order valence-corrected chi connectivity index (χ2v) is 5.46. The van der Waals surface area contributed by atoms with Crippen LogP contribution in [0.4, 0.5) is 0 Å². The molecule has 2 fully saturated rings. The van der Waals surface area contributed by atoms with Gasteiger partial charge in [0.05, 0.1) is 7.11 Å². The molecule has 0 radical (unpaired) electrons. The quantitative estimate of drug-likeness (QED) is 0.632. The van der Waals surface area contributed by atoms with E-state index in [-0.39, 0.29) is 23.7 Å². The summed E-state index contributed by atoms with van der Waals surface area (Å²) in [6.07, 6.45) is 4.06. The smallest absolute Gasteiger partial charge is 0.333 e. The van der Waals surface area contributed by atoms with Crippen LogP contribution in [0.25, 0.3) is 0 Å². The molecule has 1 saturated heterocycles. The van der Waals surface area contributed by atoms with Crippen LogP contribution in [0.1, 0.15) is 12.8 Å². The first-order chi connectivity index (χ1) is 8.11. The average Bonchev–Trinajstić information content (AvgIpc) is 2.35. The van der Waals surface area contributed by atoms with Gasteiger partial charge in [-0.15, -0.1) is 0 Å². The van der Waals surface area contributed by atoms with E-state index in [1.54, 1.807) is 0 Å². The molecule has 4 aliphatic rings. The van der Waals surface area contributed by atoms with Crippen LogP contribution in [-0.4, -0.2) is 37.5 Å². The number of hydrogen-bond acceptors (Lipinski definition) is 3. The van der Waals surface area contributed by atoms with Crippen molar-refractivity contribution in [1.82, 2.24) is 4.90 Å². The number of nitrogens with zero attached hydrogens (tertiary/aromatic N) is 1. The van der Waals surface area contributed by atoms with Crippen molar-refractivity contribution in [3.05, 3.63) is 11.6 Å². The van der Waals surface area contributed by atoms with Gasteiger partial charge >= 0.3 is 5.97 Å². The molecule has 4 nitrogen and oxygen atoms in total. The topological polar surface area (TPSA) is 46.6 Å². The van der Waals surface area contributed by atoms with Gasteiger partial charge in [-0.25, -0.2) is 4.79 Å². The van der Waals surface area contributed by atoms with Crippen molar-refractivity contribution in [3.8, 4) is 0 Å². The summed E-state index contributed by atoms with van der Waals surface area (Å²) in [5.41, 5.74) is 0.756. The molecule has 4 unspecified atom stereocenters. The number of amides is 1. The molecule has 4 atom stereocenters. The molecule has 3 aliphatic carbocycles. The second kappa shape index (κ2) is 3.59. The predicted molar refractivity (Wildman–Crippen MR) is 60.9 cm³/mol. The van der Waals surface area contributed by atoms with Crippen LogP contribution in [0, 0.1) is 23.7 Å². The van der Waals surface area contributed by atoms with Gasteiger partial charge in [-0.2, -0.15) is 0 Å². The number of piperidine rings is 1. The average molecular weight is 235 g/mol. The van der Waals surface area contributed by atoms with Gasteiger partial charge < -0.3 is 9.64 Å². The Hall–Kier alpha value is -1.32. The molecule has 17 heavy (non-hydrogen) atoms. The van der Waals surface area contributed by atoms with Crippen molar-refractivity contribution in [2.75, 3.05) is 20.7 Å².